The van der Waals surface area contributed by atoms with E-state index in [1.165, 1.54) is 13.3 Å². The van der Waals surface area contributed by atoms with Crippen LogP contribution in [0, 0.1) is 0 Å². The van der Waals surface area contributed by atoms with Crippen molar-refractivity contribution in [3.63, 3.8) is 0 Å². The molecule has 1 aliphatic heterocycles. The van der Waals surface area contributed by atoms with Gasteiger partial charge in [0.25, 0.3) is 0 Å². The van der Waals surface area contributed by atoms with Crippen LogP contribution in [-0.4, -0.2) is 43.1 Å². The van der Waals surface area contributed by atoms with Crippen LogP contribution in [0.15, 0.2) is 48.1 Å². The number of amides is 1. The summed E-state index contributed by atoms with van der Waals surface area (Å²) in [6.45, 7) is 8.18. The second kappa shape index (κ2) is 9.94. The summed E-state index contributed by atoms with van der Waals surface area (Å²) in [6, 6.07) is 11.2. The number of halogens is 1. The molecule has 0 unspecified atom stereocenters. The van der Waals surface area contributed by atoms with E-state index in [2.05, 4.69) is 10.3 Å². The minimum absolute atomic E-state index is 0.139. The van der Waals surface area contributed by atoms with Crippen molar-refractivity contribution >= 4 is 30.9 Å². The first-order valence-electron chi connectivity index (χ1n) is 10.3. The quantitative estimate of drug-likeness (QED) is 0.607. The van der Waals surface area contributed by atoms with Gasteiger partial charge in [-0.15, -0.1) is 0 Å². The Kier molecular flexibility index (Phi) is 7.49. The van der Waals surface area contributed by atoms with Crippen LogP contribution in [0.3, 0.4) is 0 Å². The molecule has 0 bridgehead atoms. The van der Waals surface area contributed by atoms with Crippen LogP contribution in [0.1, 0.15) is 38.8 Å². The number of rotatable bonds is 7. The standard InChI is InChI=1S/C23H28BClN2O5/c1-22(2)23(3,4)32-24(31-22)18(11-17-12-19(25)14-26-20(17)29-5)13-27-21(28)30-15-16-9-7-6-8-10-16/h6-12,14H,13,15H2,1-5H3,(H,27,28). The molecule has 7 nitrogen and oxygen atoms in total. The molecule has 3 rings (SSSR count). The molecule has 1 aromatic heterocycles. The number of ether oxygens (including phenoxy) is 2. The summed E-state index contributed by atoms with van der Waals surface area (Å²) < 4.78 is 23.0. The maximum atomic E-state index is 12.3. The highest BCUT2D eigenvalue weighted by Crippen LogP contribution is 2.39. The fourth-order valence-corrected chi connectivity index (χ4v) is 3.23. The molecule has 0 spiro atoms. The van der Waals surface area contributed by atoms with Crippen LogP contribution in [0.2, 0.25) is 5.02 Å². The van der Waals surface area contributed by atoms with E-state index in [1.54, 1.807) is 12.1 Å². The molecule has 1 aliphatic rings. The molecule has 1 aromatic carbocycles. The summed E-state index contributed by atoms with van der Waals surface area (Å²) >= 11 is 6.13. The lowest BCUT2D eigenvalue weighted by atomic mass is 9.77. The van der Waals surface area contributed by atoms with Crippen LogP contribution >= 0.6 is 11.6 Å². The number of methoxy groups -OCH3 is 1. The molecule has 1 fully saturated rings. The van der Waals surface area contributed by atoms with Gasteiger partial charge >= 0.3 is 13.2 Å². The highest BCUT2D eigenvalue weighted by Gasteiger charge is 2.52. The van der Waals surface area contributed by atoms with Crippen LogP contribution in [0.5, 0.6) is 5.88 Å². The highest BCUT2D eigenvalue weighted by molar-refractivity contribution is 6.56. The summed E-state index contributed by atoms with van der Waals surface area (Å²) in [5.74, 6) is 0.398. The van der Waals surface area contributed by atoms with Crippen LogP contribution in [0.25, 0.3) is 6.08 Å². The number of aromatic nitrogens is 1. The lowest BCUT2D eigenvalue weighted by molar-refractivity contribution is 0.00578. The molecule has 2 heterocycles. The Hall–Kier alpha value is -2.55. The number of carbonyl (C=O) groups is 1. The summed E-state index contributed by atoms with van der Waals surface area (Å²) in [7, 11) is 0.847. The Bertz CT molecular complexity index is 966. The Labute approximate surface area is 194 Å². The van der Waals surface area contributed by atoms with E-state index in [0.29, 0.717) is 21.9 Å². The van der Waals surface area contributed by atoms with Crippen LogP contribution in [0.4, 0.5) is 4.79 Å². The molecule has 0 atom stereocenters. The lowest BCUT2D eigenvalue weighted by Gasteiger charge is -2.32. The molecular formula is C23H28BClN2O5. The van der Waals surface area contributed by atoms with Crippen molar-refractivity contribution in [1.82, 2.24) is 10.3 Å². The van der Waals surface area contributed by atoms with Gasteiger partial charge in [-0.05, 0) is 44.8 Å². The van der Waals surface area contributed by atoms with E-state index in [1.807, 2.05) is 58.0 Å². The van der Waals surface area contributed by atoms with Crippen molar-refractivity contribution < 1.29 is 23.6 Å². The van der Waals surface area contributed by atoms with E-state index in [9.17, 15) is 4.79 Å². The minimum atomic E-state index is -0.682. The average molecular weight is 459 g/mol. The number of carbonyl (C=O) groups excluding carboxylic acids is 1. The first kappa shape index (κ1) is 24.1. The van der Waals surface area contributed by atoms with E-state index in [4.69, 9.17) is 30.4 Å². The Balaban J connectivity index is 1.78. The van der Waals surface area contributed by atoms with E-state index in [0.717, 1.165) is 5.56 Å². The van der Waals surface area contributed by atoms with Crippen LogP contribution in [-0.2, 0) is 20.7 Å². The summed E-state index contributed by atoms with van der Waals surface area (Å²) in [5.41, 5.74) is 1.13. The predicted molar refractivity (Wildman–Crippen MR) is 124 cm³/mol. The fraction of sp³-hybridized carbons (Fsp3) is 0.391. The summed E-state index contributed by atoms with van der Waals surface area (Å²) in [5, 5.41) is 3.23. The van der Waals surface area contributed by atoms with Gasteiger partial charge in [-0.1, -0.05) is 48.0 Å². The Morgan fingerprint density at radius 2 is 1.84 bits per heavy atom. The maximum absolute atomic E-state index is 12.3. The van der Waals surface area contributed by atoms with Crippen molar-refractivity contribution in [2.24, 2.45) is 0 Å². The number of hydrogen-bond donors (Lipinski definition) is 1. The third kappa shape index (κ3) is 5.82. The normalized spacial score (nSPS) is 17.2. The topological polar surface area (TPSA) is 78.9 Å². The largest absolute Gasteiger partial charge is 0.492 e. The molecule has 1 saturated heterocycles. The zero-order valence-corrected chi connectivity index (χ0v) is 19.7. The van der Waals surface area contributed by atoms with Gasteiger partial charge in [0.05, 0.1) is 23.3 Å². The number of alkyl carbamates (subject to hydrolysis) is 1. The van der Waals surface area contributed by atoms with E-state index >= 15 is 0 Å². The second-order valence-corrected chi connectivity index (χ2v) is 8.91. The van der Waals surface area contributed by atoms with E-state index in [-0.39, 0.29) is 13.2 Å². The van der Waals surface area contributed by atoms with E-state index < -0.39 is 24.4 Å². The van der Waals surface area contributed by atoms with Gasteiger partial charge in [0.2, 0.25) is 5.88 Å². The summed E-state index contributed by atoms with van der Waals surface area (Å²) in [6.07, 6.45) is 2.76. The van der Waals surface area contributed by atoms with Gasteiger partial charge in [-0.3, -0.25) is 0 Å². The SMILES string of the molecule is COc1ncc(Cl)cc1C=C(CNC(=O)OCc1ccccc1)B1OC(C)(C)C(C)(C)O1. The lowest BCUT2D eigenvalue weighted by Crippen LogP contribution is -2.41. The zero-order valence-electron chi connectivity index (χ0n) is 19.0. The van der Waals surface area contributed by atoms with Gasteiger partial charge in [0.15, 0.2) is 0 Å². The number of nitrogens with zero attached hydrogens (tertiary/aromatic N) is 1. The monoisotopic (exact) mass is 458 g/mol. The number of pyridine rings is 1. The number of nitrogens with one attached hydrogen (secondary N) is 1. The van der Waals surface area contributed by atoms with Gasteiger partial charge < -0.3 is 24.1 Å². The van der Waals surface area contributed by atoms with Gasteiger partial charge in [-0.2, -0.15) is 0 Å². The Morgan fingerprint density at radius 1 is 1.19 bits per heavy atom. The fourth-order valence-electron chi connectivity index (χ4n) is 3.06. The average Bonchev–Trinajstić information content (AvgIpc) is 2.97. The van der Waals surface area contributed by atoms with Crippen molar-refractivity contribution in [1.29, 1.82) is 0 Å². The molecule has 1 N–H and O–H groups in total. The van der Waals surface area contributed by atoms with Crippen molar-refractivity contribution in [3.05, 3.63) is 64.2 Å². The van der Waals surface area contributed by atoms with Crippen molar-refractivity contribution in [2.45, 2.75) is 45.5 Å². The zero-order chi connectivity index (χ0) is 23.4. The molecule has 32 heavy (non-hydrogen) atoms. The molecule has 0 aliphatic carbocycles. The second-order valence-electron chi connectivity index (χ2n) is 8.47. The first-order chi connectivity index (χ1) is 15.1. The Morgan fingerprint density at radius 3 is 2.47 bits per heavy atom. The van der Waals surface area contributed by atoms with Gasteiger partial charge in [0, 0.05) is 18.3 Å². The van der Waals surface area contributed by atoms with Crippen LogP contribution < -0.4 is 10.1 Å². The highest BCUT2D eigenvalue weighted by atomic mass is 35.5. The summed E-state index contributed by atoms with van der Waals surface area (Å²) in [4.78, 5) is 16.5. The molecule has 2 aromatic rings. The molecule has 170 valence electrons. The minimum Gasteiger partial charge on any atom is -0.481 e. The molecule has 9 heteroatoms. The van der Waals surface area contributed by atoms with Gasteiger partial charge in [0.1, 0.15) is 6.61 Å². The third-order valence-electron chi connectivity index (χ3n) is 5.59. The first-order valence-corrected chi connectivity index (χ1v) is 10.7. The maximum Gasteiger partial charge on any atom is 0.492 e. The molecule has 0 radical (unpaired) electrons. The van der Waals surface area contributed by atoms with Gasteiger partial charge in [-0.25, -0.2) is 9.78 Å². The van der Waals surface area contributed by atoms with Crippen molar-refractivity contribution in [3.8, 4) is 5.88 Å². The smallest absolute Gasteiger partial charge is 0.481 e. The molecule has 0 saturated carbocycles. The number of hydrogen-bond acceptors (Lipinski definition) is 6. The van der Waals surface area contributed by atoms with Crippen molar-refractivity contribution in [2.75, 3.05) is 13.7 Å². The predicted octanol–water partition coefficient (Wildman–Crippen LogP) is 4.68. The molecule has 1 amide bonds. The molecular weight excluding hydrogens is 431 g/mol. The number of benzene rings is 1. The third-order valence-corrected chi connectivity index (χ3v) is 5.79.